The van der Waals surface area contributed by atoms with Crippen molar-refractivity contribution in [2.75, 3.05) is 14.2 Å². The number of nitrogens with one attached hydrogen (secondary N) is 1. The second-order valence-corrected chi connectivity index (χ2v) is 8.71. The predicted molar refractivity (Wildman–Crippen MR) is 141 cm³/mol. The van der Waals surface area contributed by atoms with E-state index in [-0.39, 0.29) is 34.3 Å². The number of phenols is 2. The third kappa shape index (κ3) is 4.34. The molecular weight excluding hydrogens is 490 g/mol. The van der Waals surface area contributed by atoms with Gasteiger partial charge in [-0.1, -0.05) is 30.3 Å². The fourth-order valence-electron chi connectivity index (χ4n) is 4.61. The lowest BCUT2D eigenvalue weighted by molar-refractivity contribution is -0.140. The first-order valence-corrected chi connectivity index (χ1v) is 11.7. The second kappa shape index (κ2) is 9.78. The number of aromatic hydroxyl groups is 2. The molecule has 2 aromatic heterocycles. The fraction of sp³-hybridized carbons (Fsp3) is 0.138. The predicted octanol–water partition coefficient (Wildman–Crippen LogP) is 4.42. The largest absolute Gasteiger partial charge is 0.507 e. The molecule has 5 aromatic rings. The molecule has 3 N–H and O–H groups in total. The lowest BCUT2D eigenvalue weighted by Crippen LogP contribution is -2.20. The van der Waals surface area contributed by atoms with E-state index in [4.69, 9.17) is 13.9 Å². The van der Waals surface area contributed by atoms with Gasteiger partial charge in [0.1, 0.15) is 34.0 Å². The molecule has 3 aromatic carbocycles. The van der Waals surface area contributed by atoms with E-state index in [1.54, 1.807) is 54.6 Å². The number of H-pyrrole nitrogens is 1. The molecule has 0 aliphatic carbocycles. The number of benzene rings is 3. The van der Waals surface area contributed by atoms with Crippen molar-refractivity contribution in [1.29, 1.82) is 0 Å². The molecular formula is C29H23NO8. The number of ether oxygens (including phenoxy) is 2. The number of fused-ring (bicyclic) bond motifs is 2. The van der Waals surface area contributed by atoms with E-state index in [9.17, 15) is 24.6 Å². The molecule has 1 unspecified atom stereocenters. The van der Waals surface area contributed by atoms with Gasteiger partial charge in [-0.05, 0) is 24.3 Å². The molecule has 0 spiro atoms. The Morgan fingerprint density at radius 3 is 2.45 bits per heavy atom. The minimum atomic E-state index is -1.10. The SMILES string of the molecule is COC(=O)CC(c1cc2cc(OC)ccc2[nH]c1=O)c1c(O)cc(O)c2c(=O)cc(-c3ccccc3)oc12. The van der Waals surface area contributed by atoms with Gasteiger partial charge < -0.3 is 29.1 Å². The monoisotopic (exact) mass is 513 g/mol. The summed E-state index contributed by atoms with van der Waals surface area (Å²) in [5, 5.41) is 22.0. The Bertz CT molecular complexity index is 1800. The van der Waals surface area contributed by atoms with Crippen LogP contribution in [-0.4, -0.2) is 35.4 Å². The van der Waals surface area contributed by atoms with Crippen molar-refractivity contribution in [3.05, 3.63) is 98.4 Å². The molecule has 0 saturated heterocycles. The molecule has 0 radical (unpaired) electrons. The van der Waals surface area contributed by atoms with Crippen LogP contribution in [0.4, 0.5) is 0 Å². The van der Waals surface area contributed by atoms with Gasteiger partial charge in [0, 0.05) is 45.6 Å². The van der Waals surface area contributed by atoms with Gasteiger partial charge in [0.15, 0.2) is 5.43 Å². The minimum Gasteiger partial charge on any atom is -0.507 e. The van der Waals surface area contributed by atoms with Gasteiger partial charge in [-0.3, -0.25) is 14.4 Å². The maximum Gasteiger partial charge on any atom is 0.306 e. The summed E-state index contributed by atoms with van der Waals surface area (Å²) in [5.74, 6) is -1.98. The highest BCUT2D eigenvalue weighted by Crippen LogP contribution is 2.42. The van der Waals surface area contributed by atoms with E-state index >= 15 is 0 Å². The zero-order valence-electron chi connectivity index (χ0n) is 20.5. The lowest BCUT2D eigenvalue weighted by Gasteiger charge is -2.20. The Morgan fingerprint density at radius 1 is 0.974 bits per heavy atom. The van der Waals surface area contributed by atoms with Crippen LogP contribution in [0.1, 0.15) is 23.5 Å². The van der Waals surface area contributed by atoms with Crippen LogP contribution >= 0.6 is 0 Å². The number of hydrogen-bond acceptors (Lipinski definition) is 8. The number of carbonyl (C=O) groups is 1. The van der Waals surface area contributed by atoms with Crippen LogP contribution in [0.15, 0.2) is 80.7 Å². The zero-order valence-corrected chi connectivity index (χ0v) is 20.5. The molecule has 0 amide bonds. The van der Waals surface area contributed by atoms with E-state index in [1.807, 2.05) is 0 Å². The lowest BCUT2D eigenvalue weighted by atomic mass is 9.86. The Morgan fingerprint density at radius 2 is 1.74 bits per heavy atom. The van der Waals surface area contributed by atoms with Crippen LogP contribution < -0.4 is 15.7 Å². The highest BCUT2D eigenvalue weighted by molar-refractivity contribution is 5.91. The summed E-state index contributed by atoms with van der Waals surface area (Å²) >= 11 is 0. The third-order valence-electron chi connectivity index (χ3n) is 6.46. The quantitative estimate of drug-likeness (QED) is 0.284. The Kier molecular flexibility index (Phi) is 6.34. The first-order chi connectivity index (χ1) is 18.3. The summed E-state index contributed by atoms with van der Waals surface area (Å²) in [7, 11) is 2.72. The van der Waals surface area contributed by atoms with Crippen molar-refractivity contribution in [2.24, 2.45) is 0 Å². The Hall–Kier alpha value is -5.05. The van der Waals surface area contributed by atoms with E-state index in [0.717, 1.165) is 6.07 Å². The number of hydrogen-bond donors (Lipinski definition) is 3. The summed E-state index contributed by atoms with van der Waals surface area (Å²) in [6.45, 7) is 0. The van der Waals surface area contributed by atoms with Crippen LogP contribution in [-0.2, 0) is 9.53 Å². The number of pyridine rings is 1. The van der Waals surface area contributed by atoms with Crippen LogP contribution in [0.25, 0.3) is 33.2 Å². The average molecular weight is 514 g/mol. The van der Waals surface area contributed by atoms with Crippen molar-refractivity contribution in [3.63, 3.8) is 0 Å². The van der Waals surface area contributed by atoms with Crippen molar-refractivity contribution in [2.45, 2.75) is 12.3 Å². The van der Waals surface area contributed by atoms with Crippen molar-refractivity contribution >= 4 is 27.8 Å². The van der Waals surface area contributed by atoms with Crippen molar-refractivity contribution < 1.29 is 28.9 Å². The van der Waals surface area contributed by atoms with E-state index in [1.165, 1.54) is 20.3 Å². The number of methoxy groups -OCH3 is 2. The van der Waals surface area contributed by atoms with E-state index < -0.39 is 34.4 Å². The van der Waals surface area contributed by atoms with Gasteiger partial charge in [-0.2, -0.15) is 0 Å². The van der Waals surface area contributed by atoms with E-state index in [2.05, 4.69) is 4.98 Å². The number of aromatic amines is 1. The van der Waals surface area contributed by atoms with Gasteiger partial charge in [-0.25, -0.2) is 0 Å². The van der Waals surface area contributed by atoms with Crippen molar-refractivity contribution in [1.82, 2.24) is 4.98 Å². The van der Waals surface area contributed by atoms with Crippen LogP contribution in [0.2, 0.25) is 0 Å². The molecule has 0 bridgehead atoms. The highest BCUT2D eigenvalue weighted by Gasteiger charge is 2.30. The summed E-state index contributed by atoms with van der Waals surface area (Å²) in [6, 6.07) is 17.7. The summed E-state index contributed by atoms with van der Waals surface area (Å²) in [6.07, 6.45) is -0.359. The Balaban J connectivity index is 1.84. The topological polar surface area (TPSA) is 139 Å². The number of rotatable bonds is 6. The third-order valence-corrected chi connectivity index (χ3v) is 6.46. The van der Waals surface area contributed by atoms with Gasteiger partial charge >= 0.3 is 5.97 Å². The molecule has 0 aliphatic rings. The highest BCUT2D eigenvalue weighted by atomic mass is 16.5. The van der Waals surface area contributed by atoms with Crippen molar-refractivity contribution in [3.8, 4) is 28.6 Å². The molecule has 9 heteroatoms. The van der Waals surface area contributed by atoms with Crippen LogP contribution in [0.3, 0.4) is 0 Å². The standard InChI is InChI=1S/C29H23NO8/c1-36-17-8-9-20-16(10-17)11-19(29(35)30-20)18(12-25(34)37-2)26-21(31)13-22(32)27-23(33)14-24(38-28(26)27)15-6-4-3-5-7-15/h3-11,13-14,18,31-32H,12H2,1-2H3,(H,30,35). The minimum absolute atomic E-state index is 0.00849. The normalized spacial score (nSPS) is 11.9. The van der Waals surface area contributed by atoms with Crippen LogP contribution in [0, 0.1) is 0 Å². The first kappa shape index (κ1) is 24.6. The fourth-order valence-corrected chi connectivity index (χ4v) is 4.61. The molecule has 192 valence electrons. The van der Waals surface area contributed by atoms with Gasteiger partial charge in [0.2, 0.25) is 0 Å². The maximum atomic E-state index is 13.3. The zero-order chi connectivity index (χ0) is 27.0. The summed E-state index contributed by atoms with van der Waals surface area (Å²) in [4.78, 5) is 41.7. The molecule has 9 nitrogen and oxygen atoms in total. The van der Waals surface area contributed by atoms with E-state index in [0.29, 0.717) is 22.2 Å². The smallest absolute Gasteiger partial charge is 0.306 e. The van der Waals surface area contributed by atoms with Gasteiger partial charge in [0.05, 0.1) is 20.6 Å². The average Bonchev–Trinajstić information content (AvgIpc) is 2.91. The van der Waals surface area contributed by atoms with Crippen LogP contribution in [0.5, 0.6) is 17.2 Å². The molecule has 5 rings (SSSR count). The number of aromatic nitrogens is 1. The first-order valence-electron chi connectivity index (χ1n) is 11.7. The molecule has 2 heterocycles. The Labute approximate surface area is 215 Å². The summed E-state index contributed by atoms with van der Waals surface area (Å²) < 4.78 is 16.3. The van der Waals surface area contributed by atoms with Gasteiger partial charge in [0.25, 0.3) is 5.56 Å². The molecule has 0 aliphatic heterocycles. The molecule has 1 atom stereocenters. The molecule has 0 fully saturated rings. The second-order valence-electron chi connectivity index (χ2n) is 8.71. The molecule has 38 heavy (non-hydrogen) atoms. The number of phenolic OH excluding ortho intramolecular Hbond substituents is 2. The molecule has 0 saturated carbocycles. The van der Waals surface area contributed by atoms with Gasteiger partial charge in [-0.15, -0.1) is 0 Å². The maximum absolute atomic E-state index is 13.3. The number of esters is 1. The summed E-state index contributed by atoms with van der Waals surface area (Å²) in [5.41, 5.74) is 0.0102. The number of carbonyl (C=O) groups excluding carboxylic acids is 1.